The molecule has 0 unspecified atom stereocenters. The van der Waals surface area contributed by atoms with Gasteiger partial charge in [0, 0.05) is 13.6 Å². The minimum Gasteiger partial charge on any atom is -0.358 e. The Balaban J connectivity index is 1.71. The van der Waals surface area contributed by atoms with E-state index in [9.17, 15) is 9.59 Å². The molecular formula is C14H25N3O2. The van der Waals surface area contributed by atoms with Gasteiger partial charge in [-0.15, -0.1) is 0 Å². The molecule has 0 aromatic carbocycles. The number of carbonyl (C=O) groups is 2. The molecule has 0 aromatic heterocycles. The fraction of sp³-hybridized carbons (Fsp3) is 0.857. The first kappa shape index (κ1) is 14.3. The molecule has 5 nitrogen and oxygen atoms in total. The van der Waals surface area contributed by atoms with Crippen molar-refractivity contribution in [1.29, 1.82) is 0 Å². The number of nitrogens with zero attached hydrogens (tertiary/aromatic N) is 1. The van der Waals surface area contributed by atoms with E-state index in [2.05, 4.69) is 15.5 Å². The van der Waals surface area contributed by atoms with Gasteiger partial charge in [-0.1, -0.05) is 19.3 Å². The van der Waals surface area contributed by atoms with Gasteiger partial charge in [-0.3, -0.25) is 14.5 Å². The van der Waals surface area contributed by atoms with Crippen molar-refractivity contribution in [2.75, 3.05) is 33.2 Å². The molecule has 0 aromatic rings. The fourth-order valence-electron chi connectivity index (χ4n) is 3.35. The second-order valence-electron chi connectivity index (χ2n) is 5.78. The van der Waals surface area contributed by atoms with Crippen LogP contribution in [0.2, 0.25) is 0 Å². The Morgan fingerprint density at radius 3 is 2.58 bits per heavy atom. The van der Waals surface area contributed by atoms with Gasteiger partial charge in [0.2, 0.25) is 11.8 Å². The topological polar surface area (TPSA) is 61.4 Å². The molecule has 108 valence electrons. The zero-order chi connectivity index (χ0) is 13.7. The van der Waals surface area contributed by atoms with E-state index in [1.54, 1.807) is 7.05 Å². The molecule has 0 bridgehead atoms. The summed E-state index contributed by atoms with van der Waals surface area (Å²) in [6.45, 7) is 2.59. The average Bonchev–Trinajstić information content (AvgIpc) is 2.44. The number of carbonyl (C=O) groups excluding carboxylic acids is 2. The largest absolute Gasteiger partial charge is 0.358 e. The third kappa shape index (κ3) is 4.20. The van der Waals surface area contributed by atoms with Crippen molar-refractivity contribution in [3.63, 3.8) is 0 Å². The summed E-state index contributed by atoms with van der Waals surface area (Å²) in [5, 5.41) is 5.15. The lowest BCUT2D eigenvalue weighted by atomic mass is 9.75. The molecule has 0 radical (unpaired) electrons. The summed E-state index contributed by atoms with van der Waals surface area (Å²) in [5.74, 6) is 1.48. The number of likely N-dealkylation sites (tertiary alicyclic amines) is 1. The van der Waals surface area contributed by atoms with Gasteiger partial charge in [0.25, 0.3) is 0 Å². The summed E-state index contributed by atoms with van der Waals surface area (Å²) in [6, 6.07) is 0. The van der Waals surface area contributed by atoms with Gasteiger partial charge in [-0.25, -0.2) is 0 Å². The molecule has 5 heteroatoms. The van der Waals surface area contributed by atoms with Crippen molar-refractivity contribution < 1.29 is 9.59 Å². The lowest BCUT2D eigenvalue weighted by molar-refractivity contribution is -0.127. The molecule has 0 spiro atoms. The van der Waals surface area contributed by atoms with Crippen LogP contribution in [0.3, 0.4) is 0 Å². The van der Waals surface area contributed by atoms with Crippen LogP contribution >= 0.6 is 0 Å². The van der Waals surface area contributed by atoms with E-state index in [0.717, 1.165) is 24.9 Å². The molecule has 1 saturated heterocycles. The molecule has 2 atom stereocenters. The first-order valence-electron chi connectivity index (χ1n) is 7.38. The van der Waals surface area contributed by atoms with Crippen LogP contribution < -0.4 is 10.6 Å². The van der Waals surface area contributed by atoms with Gasteiger partial charge in [0.05, 0.1) is 13.1 Å². The molecule has 1 saturated carbocycles. The number of hydrogen-bond acceptors (Lipinski definition) is 3. The highest BCUT2D eigenvalue weighted by Crippen LogP contribution is 2.35. The maximum absolute atomic E-state index is 11.8. The maximum atomic E-state index is 11.8. The van der Waals surface area contributed by atoms with E-state index in [1.807, 2.05) is 0 Å². The molecule has 1 aliphatic carbocycles. The van der Waals surface area contributed by atoms with E-state index in [4.69, 9.17) is 0 Å². The molecule has 2 rings (SSSR count). The molecule has 1 aliphatic heterocycles. The van der Waals surface area contributed by atoms with Crippen LogP contribution in [0.15, 0.2) is 0 Å². The number of likely N-dealkylation sites (N-methyl/N-ethyl adjacent to an activating group) is 1. The van der Waals surface area contributed by atoms with Gasteiger partial charge in [0.15, 0.2) is 0 Å². The van der Waals surface area contributed by atoms with E-state index in [1.165, 1.54) is 32.1 Å². The third-order valence-corrected chi connectivity index (χ3v) is 4.47. The van der Waals surface area contributed by atoms with Crippen LogP contribution in [0.4, 0.5) is 0 Å². The first-order chi connectivity index (χ1) is 9.19. The highest BCUT2D eigenvalue weighted by molar-refractivity contribution is 5.85. The van der Waals surface area contributed by atoms with Crippen molar-refractivity contribution in [2.45, 2.75) is 32.1 Å². The number of piperidine rings is 1. The molecule has 2 fully saturated rings. The standard InChI is InChI=1S/C14H25N3O2/c1-15-13(18)8-16-14(19)10-17-7-6-11-4-2-3-5-12(11)9-17/h11-12H,2-10H2,1H3,(H,15,18)(H,16,19)/t11-,12-/m1/s1. The minimum absolute atomic E-state index is 0.0436. The summed E-state index contributed by atoms with van der Waals surface area (Å²) >= 11 is 0. The Hall–Kier alpha value is -1.10. The first-order valence-corrected chi connectivity index (χ1v) is 7.38. The van der Waals surface area contributed by atoms with Crippen LogP contribution in [-0.4, -0.2) is 49.9 Å². The van der Waals surface area contributed by atoms with Crippen LogP contribution in [-0.2, 0) is 9.59 Å². The van der Waals surface area contributed by atoms with Gasteiger partial charge in [-0.2, -0.15) is 0 Å². The Kier molecular flexibility index (Phi) is 5.19. The second kappa shape index (κ2) is 6.89. The molecule has 2 aliphatic rings. The number of hydrogen-bond donors (Lipinski definition) is 2. The summed E-state index contributed by atoms with van der Waals surface area (Å²) in [6.07, 6.45) is 6.65. The molecule has 2 amide bonds. The van der Waals surface area contributed by atoms with Crippen LogP contribution in [0.25, 0.3) is 0 Å². The molecule has 19 heavy (non-hydrogen) atoms. The van der Waals surface area contributed by atoms with Crippen molar-refractivity contribution in [3.05, 3.63) is 0 Å². The minimum atomic E-state index is -0.153. The fourth-order valence-corrected chi connectivity index (χ4v) is 3.35. The van der Waals surface area contributed by atoms with Gasteiger partial charge >= 0.3 is 0 Å². The Morgan fingerprint density at radius 1 is 1.11 bits per heavy atom. The lowest BCUT2D eigenvalue weighted by Gasteiger charge is -2.41. The Morgan fingerprint density at radius 2 is 1.84 bits per heavy atom. The van der Waals surface area contributed by atoms with Crippen molar-refractivity contribution in [1.82, 2.24) is 15.5 Å². The Labute approximate surface area is 115 Å². The van der Waals surface area contributed by atoms with Crippen LogP contribution in [0, 0.1) is 11.8 Å². The average molecular weight is 267 g/mol. The predicted octanol–water partition coefficient (Wildman–Crippen LogP) is 0.361. The van der Waals surface area contributed by atoms with E-state index in [-0.39, 0.29) is 18.4 Å². The maximum Gasteiger partial charge on any atom is 0.239 e. The van der Waals surface area contributed by atoms with Crippen molar-refractivity contribution in [3.8, 4) is 0 Å². The van der Waals surface area contributed by atoms with E-state index < -0.39 is 0 Å². The third-order valence-electron chi connectivity index (χ3n) is 4.47. The van der Waals surface area contributed by atoms with Crippen molar-refractivity contribution >= 4 is 11.8 Å². The highest BCUT2D eigenvalue weighted by atomic mass is 16.2. The quantitative estimate of drug-likeness (QED) is 0.773. The predicted molar refractivity (Wildman–Crippen MR) is 73.6 cm³/mol. The normalized spacial score (nSPS) is 27.4. The van der Waals surface area contributed by atoms with Crippen LogP contribution in [0.1, 0.15) is 32.1 Å². The van der Waals surface area contributed by atoms with Gasteiger partial charge in [-0.05, 0) is 31.2 Å². The summed E-state index contributed by atoms with van der Waals surface area (Å²) < 4.78 is 0. The zero-order valence-electron chi connectivity index (χ0n) is 11.8. The molecule has 2 N–H and O–H groups in total. The molecular weight excluding hydrogens is 242 g/mol. The van der Waals surface area contributed by atoms with Crippen molar-refractivity contribution in [2.24, 2.45) is 11.8 Å². The molecule has 1 heterocycles. The SMILES string of the molecule is CNC(=O)CNC(=O)CN1CC[C@H]2CCCC[C@@H]2C1. The number of nitrogens with one attached hydrogen (secondary N) is 2. The van der Waals surface area contributed by atoms with E-state index in [0.29, 0.717) is 6.54 Å². The Bertz CT molecular complexity index is 333. The number of amides is 2. The smallest absolute Gasteiger partial charge is 0.239 e. The summed E-state index contributed by atoms with van der Waals surface area (Å²) in [5.41, 5.74) is 0. The number of fused-ring (bicyclic) bond motifs is 1. The lowest BCUT2D eigenvalue weighted by Crippen LogP contribution is -2.47. The monoisotopic (exact) mass is 267 g/mol. The second-order valence-corrected chi connectivity index (χ2v) is 5.78. The van der Waals surface area contributed by atoms with Gasteiger partial charge in [0.1, 0.15) is 0 Å². The van der Waals surface area contributed by atoms with E-state index >= 15 is 0 Å². The van der Waals surface area contributed by atoms with Crippen LogP contribution in [0.5, 0.6) is 0 Å². The number of rotatable bonds is 4. The zero-order valence-corrected chi connectivity index (χ0v) is 11.8. The van der Waals surface area contributed by atoms with Gasteiger partial charge < -0.3 is 10.6 Å². The highest BCUT2D eigenvalue weighted by Gasteiger charge is 2.31. The summed E-state index contributed by atoms with van der Waals surface area (Å²) in [7, 11) is 1.57. The summed E-state index contributed by atoms with van der Waals surface area (Å²) in [4.78, 5) is 25.1.